The highest BCUT2D eigenvalue weighted by Gasteiger charge is 2.23. The quantitative estimate of drug-likeness (QED) is 0.795. The van der Waals surface area contributed by atoms with Gasteiger partial charge in [-0.25, -0.2) is 0 Å². The van der Waals surface area contributed by atoms with Gasteiger partial charge >= 0.3 is 0 Å². The van der Waals surface area contributed by atoms with Gasteiger partial charge in [0.05, 0.1) is 6.54 Å². The van der Waals surface area contributed by atoms with Gasteiger partial charge in [-0.05, 0) is 30.5 Å². The largest absolute Gasteiger partial charge is 0.354 e. The molecule has 1 aliphatic rings. The van der Waals surface area contributed by atoms with Crippen molar-refractivity contribution in [3.05, 3.63) is 30.1 Å². The highest BCUT2D eigenvalue weighted by atomic mass is 16.1. The molecular weight excluding hydrogens is 226 g/mol. The van der Waals surface area contributed by atoms with E-state index in [4.69, 9.17) is 0 Å². The molecule has 0 aliphatic heterocycles. The first-order chi connectivity index (χ1) is 8.58. The van der Waals surface area contributed by atoms with Crippen molar-refractivity contribution >= 4 is 5.91 Å². The maximum atomic E-state index is 11.7. The number of hydrogen-bond donors (Lipinski definition) is 2. The second-order valence-corrected chi connectivity index (χ2v) is 5.55. The van der Waals surface area contributed by atoms with E-state index < -0.39 is 0 Å². The lowest BCUT2D eigenvalue weighted by molar-refractivity contribution is -0.120. The topological polar surface area (TPSA) is 54.0 Å². The predicted molar refractivity (Wildman–Crippen MR) is 71.3 cm³/mol. The molecule has 2 rings (SSSR count). The van der Waals surface area contributed by atoms with Crippen molar-refractivity contribution in [2.75, 3.05) is 13.1 Å². The Bertz CT molecular complexity index is 399. The summed E-state index contributed by atoms with van der Waals surface area (Å²) in [4.78, 5) is 15.7. The van der Waals surface area contributed by atoms with Gasteiger partial charge in [0.2, 0.25) is 5.91 Å². The summed E-state index contributed by atoms with van der Waals surface area (Å²) in [5.41, 5.74) is 1.12. The minimum atomic E-state index is -0.0712. The number of amides is 1. The molecule has 0 aromatic carbocycles. The number of carbonyl (C=O) groups is 1. The molecule has 4 nitrogen and oxygen atoms in total. The monoisotopic (exact) mass is 247 g/mol. The summed E-state index contributed by atoms with van der Waals surface area (Å²) < 4.78 is 0. The van der Waals surface area contributed by atoms with Crippen LogP contribution < -0.4 is 10.6 Å². The molecule has 98 valence electrons. The first-order valence-corrected chi connectivity index (χ1v) is 6.48. The zero-order chi connectivity index (χ0) is 13.0. The molecule has 2 N–H and O–H groups in total. The summed E-state index contributed by atoms with van der Waals surface area (Å²) in [6.45, 7) is 5.31. The van der Waals surface area contributed by atoms with Gasteiger partial charge in [0.25, 0.3) is 0 Å². The molecule has 0 unspecified atom stereocenters. The highest BCUT2D eigenvalue weighted by Crippen LogP contribution is 2.21. The first-order valence-electron chi connectivity index (χ1n) is 6.48. The molecule has 0 bridgehead atoms. The number of aromatic nitrogens is 1. The van der Waals surface area contributed by atoms with Crippen LogP contribution in [-0.4, -0.2) is 30.0 Å². The molecule has 1 fully saturated rings. The molecule has 0 spiro atoms. The minimum absolute atomic E-state index is 0.0712. The van der Waals surface area contributed by atoms with Crippen molar-refractivity contribution in [3.8, 4) is 0 Å². The highest BCUT2D eigenvalue weighted by molar-refractivity contribution is 5.78. The fourth-order valence-corrected chi connectivity index (χ4v) is 1.81. The van der Waals surface area contributed by atoms with E-state index in [2.05, 4.69) is 29.5 Å². The molecule has 1 aliphatic carbocycles. The second kappa shape index (κ2) is 5.48. The normalized spacial score (nSPS) is 15.4. The van der Waals surface area contributed by atoms with Crippen LogP contribution in [0.1, 0.15) is 32.3 Å². The number of carbonyl (C=O) groups excluding carboxylic acids is 1. The van der Waals surface area contributed by atoms with Crippen LogP contribution in [0.4, 0.5) is 0 Å². The van der Waals surface area contributed by atoms with Gasteiger partial charge in [0.1, 0.15) is 0 Å². The van der Waals surface area contributed by atoms with E-state index in [-0.39, 0.29) is 11.3 Å². The third kappa shape index (κ3) is 3.81. The molecule has 0 radical (unpaired) electrons. The van der Waals surface area contributed by atoms with Crippen LogP contribution >= 0.6 is 0 Å². The van der Waals surface area contributed by atoms with Crippen molar-refractivity contribution in [1.82, 2.24) is 15.6 Å². The van der Waals surface area contributed by atoms with Crippen molar-refractivity contribution in [3.63, 3.8) is 0 Å². The van der Waals surface area contributed by atoms with Gasteiger partial charge in [-0.15, -0.1) is 0 Å². The van der Waals surface area contributed by atoms with Crippen LogP contribution in [0.5, 0.6) is 0 Å². The Kier molecular flexibility index (Phi) is 3.97. The first kappa shape index (κ1) is 13.0. The minimum Gasteiger partial charge on any atom is -0.354 e. The molecule has 18 heavy (non-hydrogen) atoms. The number of nitrogens with one attached hydrogen (secondary N) is 2. The van der Waals surface area contributed by atoms with Gasteiger partial charge in [-0.3, -0.25) is 9.78 Å². The second-order valence-electron chi connectivity index (χ2n) is 5.55. The molecule has 0 saturated heterocycles. The zero-order valence-electron chi connectivity index (χ0n) is 11.1. The van der Waals surface area contributed by atoms with Gasteiger partial charge < -0.3 is 10.6 Å². The summed E-state index contributed by atoms with van der Waals surface area (Å²) >= 11 is 0. The average Bonchev–Trinajstić information content (AvgIpc) is 3.19. The average molecular weight is 247 g/mol. The lowest BCUT2D eigenvalue weighted by atomic mass is 9.85. The van der Waals surface area contributed by atoms with Crippen molar-refractivity contribution in [1.29, 1.82) is 0 Å². The Hall–Kier alpha value is -1.42. The molecule has 1 aromatic rings. The standard InChI is InChI=1S/C14H21N3O/c1-14(2,11-5-7-15-8-6-11)10-17-13(18)9-16-12-3-4-12/h5-8,12,16H,3-4,9-10H2,1-2H3,(H,17,18). The number of pyridine rings is 1. The van der Waals surface area contributed by atoms with E-state index in [1.54, 1.807) is 12.4 Å². The van der Waals surface area contributed by atoms with Crippen LogP contribution in [0.3, 0.4) is 0 Å². The van der Waals surface area contributed by atoms with Gasteiger partial charge in [-0.2, -0.15) is 0 Å². The summed E-state index contributed by atoms with van der Waals surface area (Å²) in [6.07, 6.45) is 5.98. The maximum Gasteiger partial charge on any atom is 0.233 e. The van der Waals surface area contributed by atoms with Gasteiger partial charge in [0.15, 0.2) is 0 Å². The molecule has 1 amide bonds. The van der Waals surface area contributed by atoms with E-state index >= 15 is 0 Å². The van der Waals surface area contributed by atoms with Crippen molar-refractivity contribution in [2.45, 2.75) is 38.1 Å². The molecule has 1 aromatic heterocycles. The van der Waals surface area contributed by atoms with Crippen LogP contribution in [0, 0.1) is 0 Å². The van der Waals surface area contributed by atoms with E-state index in [0.717, 1.165) is 0 Å². The Balaban J connectivity index is 1.78. The maximum absolute atomic E-state index is 11.7. The SMILES string of the molecule is CC(C)(CNC(=O)CNC1CC1)c1ccncc1. The molecule has 1 saturated carbocycles. The van der Waals surface area contributed by atoms with Crippen molar-refractivity contribution in [2.24, 2.45) is 0 Å². The Labute approximate surface area is 108 Å². The Morgan fingerprint density at radius 2 is 2.06 bits per heavy atom. The fourth-order valence-electron chi connectivity index (χ4n) is 1.81. The number of nitrogens with zero attached hydrogens (tertiary/aromatic N) is 1. The Morgan fingerprint density at radius 1 is 1.39 bits per heavy atom. The zero-order valence-corrected chi connectivity index (χ0v) is 11.1. The third-order valence-electron chi connectivity index (χ3n) is 3.32. The van der Waals surface area contributed by atoms with E-state index in [1.165, 1.54) is 18.4 Å². The molecule has 1 heterocycles. The number of hydrogen-bond acceptors (Lipinski definition) is 3. The van der Waals surface area contributed by atoms with Crippen LogP contribution in [0.25, 0.3) is 0 Å². The van der Waals surface area contributed by atoms with E-state index in [9.17, 15) is 4.79 Å². The predicted octanol–water partition coefficient (Wildman–Crippen LogP) is 1.23. The summed E-state index contributed by atoms with van der Waals surface area (Å²) in [7, 11) is 0. The lowest BCUT2D eigenvalue weighted by Gasteiger charge is -2.25. The molecule has 4 heteroatoms. The summed E-state index contributed by atoms with van der Waals surface area (Å²) in [6, 6.07) is 4.56. The Morgan fingerprint density at radius 3 is 2.67 bits per heavy atom. The summed E-state index contributed by atoms with van der Waals surface area (Å²) in [5, 5.41) is 6.19. The van der Waals surface area contributed by atoms with Crippen LogP contribution in [0.15, 0.2) is 24.5 Å². The van der Waals surface area contributed by atoms with Gasteiger partial charge in [0, 0.05) is 30.4 Å². The smallest absolute Gasteiger partial charge is 0.233 e. The lowest BCUT2D eigenvalue weighted by Crippen LogP contribution is -2.41. The molecular formula is C14H21N3O. The molecule has 0 atom stereocenters. The van der Waals surface area contributed by atoms with E-state index in [0.29, 0.717) is 19.1 Å². The van der Waals surface area contributed by atoms with Crippen LogP contribution in [0.2, 0.25) is 0 Å². The van der Waals surface area contributed by atoms with Crippen molar-refractivity contribution < 1.29 is 4.79 Å². The van der Waals surface area contributed by atoms with Crippen LogP contribution in [-0.2, 0) is 10.2 Å². The summed E-state index contributed by atoms with van der Waals surface area (Å²) in [5.74, 6) is 0.0732. The fraction of sp³-hybridized carbons (Fsp3) is 0.571. The number of rotatable bonds is 6. The van der Waals surface area contributed by atoms with Gasteiger partial charge in [-0.1, -0.05) is 13.8 Å². The van der Waals surface area contributed by atoms with E-state index in [1.807, 2.05) is 12.1 Å². The third-order valence-corrected chi connectivity index (χ3v) is 3.32.